The maximum absolute atomic E-state index is 13.8. The fourth-order valence-electron chi connectivity index (χ4n) is 2.95. The molecular formula is C22H16F3N5O2. The van der Waals surface area contributed by atoms with Crippen LogP contribution in [0.1, 0.15) is 22.0 Å². The Hall–Kier alpha value is -4.21. The highest BCUT2D eigenvalue weighted by molar-refractivity contribution is 6.04. The lowest BCUT2D eigenvalue weighted by molar-refractivity contribution is 0.102. The van der Waals surface area contributed by atoms with E-state index in [1.807, 2.05) is 6.92 Å². The van der Waals surface area contributed by atoms with Crippen molar-refractivity contribution in [2.75, 3.05) is 5.32 Å². The van der Waals surface area contributed by atoms with Crippen molar-refractivity contribution < 1.29 is 22.7 Å². The first-order chi connectivity index (χ1) is 15.3. The van der Waals surface area contributed by atoms with Crippen LogP contribution >= 0.6 is 0 Å². The highest BCUT2D eigenvalue weighted by atomic mass is 19.2. The Morgan fingerprint density at radius 1 is 1.00 bits per heavy atom. The molecule has 2 aromatic carbocycles. The van der Waals surface area contributed by atoms with Gasteiger partial charge in [-0.05, 0) is 50.2 Å². The summed E-state index contributed by atoms with van der Waals surface area (Å²) in [7, 11) is 0. The highest BCUT2D eigenvalue weighted by Gasteiger charge is 2.19. The van der Waals surface area contributed by atoms with E-state index >= 15 is 0 Å². The van der Waals surface area contributed by atoms with Crippen molar-refractivity contribution in [2.45, 2.75) is 13.8 Å². The molecule has 4 aromatic rings. The Labute approximate surface area is 180 Å². The maximum atomic E-state index is 13.8. The molecule has 1 N–H and O–H groups in total. The predicted octanol–water partition coefficient (Wildman–Crippen LogP) is 4.74. The minimum absolute atomic E-state index is 0.306. The van der Waals surface area contributed by atoms with E-state index in [-0.39, 0.29) is 0 Å². The SMILES string of the molecule is Cc1nc(Oc2ccc(NC(=O)c3ccc(F)c(F)c3F)cc2)cc(-n2ccnc2C)n1. The van der Waals surface area contributed by atoms with Gasteiger partial charge in [-0.25, -0.2) is 23.1 Å². The molecule has 0 aliphatic heterocycles. The van der Waals surface area contributed by atoms with E-state index in [2.05, 4.69) is 20.3 Å². The van der Waals surface area contributed by atoms with Crippen molar-refractivity contribution >= 4 is 11.6 Å². The van der Waals surface area contributed by atoms with Gasteiger partial charge >= 0.3 is 0 Å². The Morgan fingerprint density at radius 3 is 2.44 bits per heavy atom. The number of aromatic nitrogens is 4. The molecule has 0 spiro atoms. The molecule has 32 heavy (non-hydrogen) atoms. The second-order valence-corrected chi connectivity index (χ2v) is 6.76. The average Bonchev–Trinajstić information content (AvgIpc) is 3.19. The number of ether oxygens (including phenoxy) is 1. The van der Waals surface area contributed by atoms with Crippen molar-refractivity contribution in [3.8, 4) is 17.4 Å². The molecule has 0 aliphatic carbocycles. The summed E-state index contributed by atoms with van der Waals surface area (Å²) in [6.07, 6.45) is 3.43. The standard InChI is InChI=1S/C22H16F3N5O2/c1-12-27-18(30-10-9-26-13(30)2)11-19(28-12)32-15-5-3-14(4-6-15)29-22(31)16-7-8-17(23)21(25)20(16)24/h3-11H,1-2H3,(H,29,31). The third-order valence-electron chi connectivity index (χ3n) is 4.49. The van der Waals surface area contributed by atoms with Crippen LogP contribution in [-0.2, 0) is 0 Å². The fraction of sp³-hybridized carbons (Fsp3) is 0.0909. The molecule has 0 atom stereocenters. The number of rotatable bonds is 5. The molecule has 0 bridgehead atoms. The third-order valence-corrected chi connectivity index (χ3v) is 4.49. The summed E-state index contributed by atoms with van der Waals surface area (Å²) in [5.74, 6) is -2.95. The smallest absolute Gasteiger partial charge is 0.258 e. The van der Waals surface area contributed by atoms with Crippen LogP contribution in [0.5, 0.6) is 11.6 Å². The van der Waals surface area contributed by atoms with Gasteiger partial charge in [-0.3, -0.25) is 9.36 Å². The zero-order valence-corrected chi connectivity index (χ0v) is 16.9. The summed E-state index contributed by atoms with van der Waals surface area (Å²) in [6.45, 7) is 3.58. The fourth-order valence-corrected chi connectivity index (χ4v) is 2.95. The summed E-state index contributed by atoms with van der Waals surface area (Å²) < 4.78 is 47.8. The summed E-state index contributed by atoms with van der Waals surface area (Å²) >= 11 is 0. The number of benzene rings is 2. The number of hydrogen-bond acceptors (Lipinski definition) is 5. The lowest BCUT2D eigenvalue weighted by atomic mass is 10.1. The Bertz CT molecular complexity index is 1310. The molecule has 162 valence electrons. The van der Waals surface area contributed by atoms with Crippen molar-refractivity contribution in [3.05, 3.63) is 89.5 Å². The second-order valence-electron chi connectivity index (χ2n) is 6.76. The first-order valence-electron chi connectivity index (χ1n) is 9.40. The van der Waals surface area contributed by atoms with Crippen molar-refractivity contribution in [1.82, 2.24) is 19.5 Å². The molecule has 0 aliphatic rings. The number of halogens is 3. The molecule has 1 amide bonds. The number of imidazole rings is 1. The molecule has 0 fully saturated rings. The van der Waals surface area contributed by atoms with E-state index in [0.29, 0.717) is 35.0 Å². The monoisotopic (exact) mass is 439 g/mol. The van der Waals surface area contributed by atoms with Crippen LogP contribution in [0.3, 0.4) is 0 Å². The minimum Gasteiger partial charge on any atom is -0.439 e. The molecule has 0 radical (unpaired) electrons. The number of amides is 1. The van der Waals surface area contributed by atoms with Gasteiger partial charge in [0.05, 0.1) is 5.56 Å². The third kappa shape index (κ3) is 4.29. The lowest BCUT2D eigenvalue weighted by Crippen LogP contribution is -2.15. The summed E-state index contributed by atoms with van der Waals surface area (Å²) in [5, 5.41) is 2.42. The van der Waals surface area contributed by atoms with Crippen LogP contribution in [0.25, 0.3) is 5.82 Å². The van der Waals surface area contributed by atoms with E-state index in [1.165, 1.54) is 12.1 Å². The van der Waals surface area contributed by atoms with Gasteiger partial charge < -0.3 is 10.1 Å². The van der Waals surface area contributed by atoms with E-state index in [9.17, 15) is 18.0 Å². The summed E-state index contributed by atoms with van der Waals surface area (Å²) in [6, 6.07) is 9.38. The van der Waals surface area contributed by atoms with Gasteiger partial charge in [-0.2, -0.15) is 4.98 Å². The topological polar surface area (TPSA) is 81.9 Å². The second kappa shape index (κ2) is 8.50. The molecule has 7 nitrogen and oxygen atoms in total. The number of aryl methyl sites for hydroxylation is 2. The van der Waals surface area contributed by atoms with E-state index in [4.69, 9.17) is 4.74 Å². The van der Waals surface area contributed by atoms with Crippen molar-refractivity contribution in [2.24, 2.45) is 0 Å². The number of nitrogens with one attached hydrogen (secondary N) is 1. The van der Waals surface area contributed by atoms with Crippen molar-refractivity contribution in [3.63, 3.8) is 0 Å². The lowest BCUT2D eigenvalue weighted by Gasteiger charge is -2.10. The molecular weight excluding hydrogens is 423 g/mol. The number of anilines is 1. The van der Waals surface area contributed by atoms with E-state index in [0.717, 1.165) is 11.9 Å². The van der Waals surface area contributed by atoms with Crippen molar-refractivity contribution in [1.29, 1.82) is 0 Å². The van der Waals surface area contributed by atoms with Gasteiger partial charge in [0.25, 0.3) is 5.91 Å². The molecule has 2 heterocycles. The summed E-state index contributed by atoms with van der Waals surface area (Å²) in [5.41, 5.74) is -0.303. The Balaban J connectivity index is 1.49. The van der Waals surface area contributed by atoms with Crippen LogP contribution in [-0.4, -0.2) is 25.4 Å². The molecule has 0 unspecified atom stereocenters. The number of hydrogen-bond donors (Lipinski definition) is 1. The van der Waals surface area contributed by atoms with Gasteiger partial charge in [0.1, 0.15) is 23.2 Å². The van der Waals surface area contributed by atoms with Crippen LogP contribution in [0.15, 0.2) is 54.9 Å². The largest absolute Gasteiger partial charge is 0.439 e. The van der Waals surface area contributed by atoms with Gasteiger partial charge in [0.15, 0.2) is 17.5 Å². The number of nitrogens with zero attached hydrogens (tertiary/aromatic N) is 4. The molecule has 2 aromatic heterocycles. The first-order valence-corrected chi connectivity index (χ1v) is 9.40. The average molecular weight is 439 g/mol. The molecule has 0 saturated carbocycles. The van der Waals surface area contributed by atoms with Gasteiger partial charge in [0, 0.05) is 24.1 Å². The normalized spacial score (nSPS) is 10.8. The van der Waals surface area contributed by atoms with Crippen LogP contribution in [0, 0.1) is 31.3 Å². The Kier molecular flexibility index (Phi) is 5.59. The van der Waals surface area contributed by atoms with Gasteiger partial charge in [-0.1, -0.05) is 0 Å². The predicted molar refractivity (Wildman–Crippen MR) is 109 cm³/mol. The molecule has 10 heteroatoms. The maximum Gasteiger partial charge on any atom is 0.258 e. The molecule has 0 saturated heterocycles. The quantitative estimate of drug-likeness (QED) is 0.454. The zero-order chi connectivity index (χ0) is 22.8. The van der Waals surface area contributed by atoms with Crippen LogP contribution in [0.4, 0.5) is 18.9 Å². The van der Waals surface area contributed by atoms with Gasteiger partial charge in [-0.15, -0.1) is 0 Å². The zero-order valence-electron chi connectivity index (χ0n) is 16.9. The minimum atomic E-state index is -1.70. The molecule has 4 rings (SSSR count). The van der Waals surface area contributed by atoms with E-state index in [1.54, 1.807) is 42.1 Å². The Morgan fingerprint density at radius 2 is 1.75 bits per heavy atom. The van der Waals surface area contributed by atoms with Crippen LogP contribution < -0.4 is 10.1 Å². The number of carbonyl (C=O) groups excluding carboxylic acids is 1. The number of carbonyl (C=O) groups is 1. The summed E-state index contributed by atoms with van der Waals surface area (Å²) in [4.78, 5) is 25.0. The van der Waals surface area contributed by atoms with E-state index < -0.39 is 28.9 Å². The first kappa shape index (κ1) is 21.0. The van der Waals surface area contributed by atoms with Gasteiger partial charge in [0.2, 0.25) is 5.88 Å². The van der Waals surface area contributed by atoms with Crippen LogP contribution in [0.2, 0.25) is 0 Å². The highest BCUT2D eigenvalue weighted by Crippen LogP contribution is 2.24.